The Hall–Kier alpha value is -2.19. The van der Waals surface area contributed by atoms with Crippen molar-refractivity contribution in [3.05, 3.63) is 58.6 Å². The Bertz CT molecular complexity index is 912. The first kappa shape index (κ1) is 19.1. The Labute approximate surface area is 155 Å². The maximum absolute atomic E-state index is 12.3. The van der Waals surface area contributed by atoms with Crippen LogP contribution in [0.15, 0.2) is 53.0 Å². The van der Waals surface area contributed by atoms with Gasteiger partial charge in [0, 0.05) is 15.7 Å². The van der Waals surface area contributed by atoms with Crippen LogP contribution in [0.3, 0.4) is 0 Å². The number of benzene rings is 2. The summed E-state index contributed by atoms with van der Waals surface area (Å²) in [5, 5.41) is 2.62. The number of nitrogens with zero attached hydrogens (tertiary/aromatic N) is 1. The van der Waals surface area contributed by atoms with Crippen molar-refractivity contribution in [2.75, 3.05) is 22.4 Å². The van der Waals surface area contributed by atoms with Crippen molar-refractivity contribution in [2.24, 2.45) is 0 Å². The minimum atomic E-state index is -3.65. The fourth-order valence-electron chi connectivity index (χ4n) is 2.18. The van der Waals surface area contributed by atoms with Crippen LogP contribution >= 0.6 is 15.9 Å². The molecule has 0 aliphatic heterocycles. The van der Waals surface area contributed by atoms with Crippen molar-refractivity contribution < 1.29 is 18.0 Å². The van der Waals surface area contributed by atoms with Gasteiger partial charge in [-0.3, -0.25) is 13.9 Å². The van der Waals surface area contributed by atoms with Gasteiger partial charge in [0.1, 0.15) is 6.54 Å². The molecule has 0 saturated heterocycles. The molecule has 1 N–H and O–H groups in total. The van der Waals surface area contributed by atoms with E-state index in [4.69, 9.17) is 0 Å². The predicted molar refractivity (Wildman–Crippen MR) is 101 cm³/mol. The molecule has 0 aromatic heterocycles. The average Bonchev–Trinajstić information content (AvgIpc) is 2.51. The largest absolute Gasteiger partial charge is 0.324 e. The maximum Gasteiger partial charge on any atom is 0.245 e. The number of hydrogen-bond donors (Lipinski definition) is 1. The van der Waals surface area contributed by atoms with Crippen molar-refractivity contribution in [3.8, 4) is 0 Å². The second kappa shape index (κ2) is 7.79. The third kappa shape index (κ3) is 5.40. The predicted octanol–water partition coefficient (Wildman–Crippen LogP) is 3.06. The molecule has 6 nitrogen and oxygen atoms in total. The van der Waals surface area contributed by atoms with E-state index < -0.39 is 15.9 Å². The number of ketones is 1. The van der Waals surface area contributed by atoms with E-state index in [1.54, 1.807) is 48.5 Å². The minimum absolute atomic E-state index is 0.122. The summed E-state index contributed by atoms with van der Waals surface area (Å²) in [7, 11) is -3.65. The third-order valence-electron chi connectivity index (χ3n) is 3.34. The van der Waals surface area contributed by atoms with Gasteiger partial charge in [0.25, 0.3) is 0 Å². The molecule has 0 heterocycles. The van der Waals surface area contributed by atoms with E-state index in [1.807, 2.05) is 0 Å². The summed E-state index contributed by atoms with van der Waals surface area (Å²) in [5.41, 5.74) is 1.27. The summed E-state index contributed by atoms with van der Waals surface area (Å²) in [5.74, 6) is -0.630. The van der Waals surface area contributed by atoms with Gasteiger partial charge >= 0.3 is 0 Å². The molecule has 0 fully saturated rings. The van der Waals surface area contributed by atoms with Crippen LogP contribution in [0.1, 0.15) is 17.3 Å². The number of halogens is 1. The minimum Gasteiger partial charge on any atom is -0.324 e. The third-order valence-corrected chi connectivity index (χ3v) is 4.97. The van der Waals surface area contributed by atoms with Gasteiger partial charge in [0.15, 0.2) is 5.78 Å². The van der Waals surface area contributed by atoms with Gasteiger partial charge in [-0.15, -0.1) is 0 Å². The van der Waals surface area contributed by atoms with E-state index in [2.05, 4.69) is 21.2 Å². The normalized spacial score (nSPS) is 11.0. The number of hydrogen-bond acceptors (Lipinski definition) is 4. The van der Waals surface area contributed by atoms with E-state index in [-0.39, 0.29) is 12.3 Å². The van der Waals surface area contributed by atoms with E-state index in [9.17, 15) is 18.0 Å². The highest BCUT2D eigenvalue weighted by Crippen LogP contribution is 2.22. The molecule has 25 heavy (non-hydrogen) atoms. The Morgan fingerprint density at radius 3 is 2.40 bits per heavy atom. The summed E-state index contributed by atoms with van der Waals surface area (Å²) in [4.78, 5) is 23.7. The smallest absolute Gasteiger partial charge is 0.245 e. The fourth-order valence-corrected chi connectivity index (χ4v) is 3.41. The van der Waals surface area contributed by atoms with Crippen LogP contribution in [0.2, 0.25) is 0 Å². The van der Waals surface area contributed by atoms with Gasteiger partial charge < -0.3 is 5.32 Å². The van der Waals surface area contributed by atoms with Crippen molar-refractivity contribution in [1.29, 1.82) is 0 Å². The van der Waals surface area contributed by atoms with Gasteiger partial charge in [0.2, 0.25) is 15.9 Å². The second-order valence-electron chi connectivity index (χ2n) is 5.43. The van der Waals surface area contributed by atoms with Crippen LogP contribution in [-0.4, -0.2) is 32.9 Å². The molecule has 0 aliphatic carbocycles. The Morgan fingerprint density at radius 2 is 1.80 bits per heavy atom. The number of carbonyl (C=O) groups is 2. The zero-order valence-corrected chi connectivity index (χ0v) is 16.1. The van der Waals surface area contributed by atoms with Gasteiger partial charge in [-0.1, -0.05) is 34.1 Å². The van der Waals surface area contributed by atoms with Crippen LogP contribution in [0.5, 0.6) is 0 Å². The molecule has 0 spiro atoms. The number of anilines is 2. The van der Waals surface area contributed by atoms with Crippen molar-refractivity contribution in [2.45, 2.75) is 6.92 Å². The number of carbonyl (C=O) groups excluding carboxylic acids is 2. The molecule has 2 aromatic carbocycles. The number of sulfonamides is 1. The van der Waals surface area contributed by atoms with Crippen molar-refractivity contribution in [1.82, 2.24) is 0 Å². The summed E-state index contributed by atoms with van der Waals surface area (Å²) in [6.45, 7) is 1.05. The second-order valence-corrected chi connectivity index (χ2v) is 8.26. The first-order chi connectivity index (χ1) is 11.7. The molecule has 0 radical (unpaired) electrons. The molecule has 0 unspecified atom stereocenters. The Kier molecular flexibility index (Phi) is 5.97. The van der Waals surface area contributed by atoms with Gasteiger partial charge in [0.05, 0.1) is 11.9 Å². The number of rotatable bonds is 6. The standard InChI is InChI=1S/C17H17BrN2O4S/c1-12(21)13-5-3-7-15(9-13)19-17(22)11-20(25(2,23)24)16-8-4-6-14(18)10-16/h3-10H,11H2,1-2H3,(H,19,22). The quantitative estimate of drug-likeness (QED) is 0.722. The molecule has 0 aliphatic rings. The first-order valence-electron chi connectivity index (χ1n) is 7.31. The van der Waals surface area contributed by atoms with E-state index in [1.165, 1.54) is 6.92 Å². The molecule has 2 rings (SSSR count). The van der Waals surface area contributed by atoms with Crippen molar-refractivity contribution >= 4 is 49.0 Å². The highest BCUT2D eigenvalue weighted by atomic mass is 79.9. The zero-order chi connectivity index (χ0) is 18.6. The molecule has 0 atom stereocenters. The first-order valence-corrected chi connectivity index (χ1v) is 9.95. The Balaban J connectivity index is 2.21. The van der Waals surface area contributed by atoms with E-state index in [0.29, 0.717) is 21.4 Å². The summed E-state index contributed by atoms with van der Waals surface area (Å²) in [6, 6.07) is 13.1. The van der Waals surface area contributed by atoms with Gasteiger partial charge in [-0.2, -0.15) is 0 Å². The summed E-state index contributed by atoms with van der Waals surface area (Å²) in [6.07, 6.45) is 1.04. The maximum atomic E-state index is 12.3. The van der Waals surface area contributed by atoms with Crippen LogP contribution in [0, 0.1) is 0 Å². The molecular weight excluding hydrogens is 408 g/mol. The molecule has 132 valence electrons. The topological polar surface area (TPSA) is 83.6 Å². The van der Waals surface area contributed by atoms with E-state index in [0.717, 1.165) is 10.6 Å². The molecule has 0 bridgehead atoms. The van der Waals surface area contributed by atoms with Crippen LogP contribution in [0.25, 0.3) is 0 Å². The number of amides is 1. The number of nitrogens with one attached hydrogen (secondary N) is 1. The lowest BCUT2D eigenvalue weighted by Gasteiger charge is -2.22. The van der Waals surface area contributed by atoms with Gasteiger partial charge in [-0.25, -0.2) is 8.42 Å². The van der Waals surface area contributed by atoms with Crippen LogP contribution < -0.4 is 9.62 Å². The summed E-state index contributed by atoms with van der Waals surface area (Å²) < 4.78 is 25.8. The Morgan fingerprint density at radius 1 is 1.12 bits per heavy atom. The highest BCUT2D eigenvalue weighted by molar-refractivity contribution is 9.10. The summed E-state index contributed by atoms with van der Waals surface area (Å²) >= 11 is 3.28. The molecule has 8 heteroatoms. The fraction of sp³-hybridized carbons (Fsp3) is 0.176. The van der Waals surface area contributed by atoms with Crippen LogP contribution in [-0.2, 0) is 14.8 Å². The van der Waals surface area contributed by atoms with Gasteiger partial charge in [-0.05, 0) is 37.3 Å². The molecule has 2 aromatic rings. The zero-order valence-electron chi connectivity index (χ0n) is 13.7. The highest BCUT2D eigenvalue weighted by Gasteiger charge is 2.21. The van der Waals surface area contributed by atoms with Crippen molar-refractivity contribution in [3.63, 3.8) is 0 Å². The molecule has 1 amide bonds. The number of Topliss-reactive ketones (excluding diaryl/α,β-unsaturated/α-hetero) is 1. The van der Waals surface area contributed by atoms with Crippen LogP contribution in [0.4, 0.5) is 11.4 Å². The lowest BCUT2D eigenvalue weighted by atomic mass is 10.1. The molecular formula is C17H17BrN2O4S. The lowest BCUT2D eigenvalue weighted by molar-refractivity contribution is -0.114. The monoisotopic (exact) mass is 424 g/mol. The SMILES string of the molecule is CC(=O)c1cccc(NC(=O)CN(c2cccc(Br)c2)S(C)(=O)=O)c1. The van der Waals surface area contributed by atoms with E-state index >= 15 is 0 Å². The lowest BCUT2D eigenvalue weighted by Crippen LogP contribution is -2.37. The molecule has 0 saturated carbocycles. The average molecular weight is 425 g/mol.